The van der Waals surface area contributed by atoms with Crippen LogP contribution in [-0.4, -0.2) is 38.8 Å². The van der Waals surface area contributed by atoms with Gasteiger partial charge in [-0.25, -0.2) is 14.4 Å². The Balaban J connectivity index is 1.11. The Labute approximate surface area is 245 Å². The van der Waals surface area contributed by atoms with Gasteiger partial charge >= 0.3 is 6.01 Å². The minimum Gasteiger partial charge on any atom is -0.464 e. The van der Waals surface area contributed by atoms with Crippen LogP contribution in [0.2, 0.25) is 0 Å². The molecule has 1 amide bonds. The summed E-state index contributed by atoms with van der Waals surface area (Å²) in [6.07, 6.45) is 10.6. The molecule has 4 bridgehead atoms. The molecule has 7 aliphatic rings. The first-order chi connectivity index (χ1) is 20.3. The number of amides is 1. The van der Waals surface area contributed by atoms with Gasteiger partial charge in [-0.3, -0.25) is 4.79 Å². The molecule has 0 spiro atoms. The summed E-state index contributed by atoms with van der Waals surface area (Å²) in [5.41, 5.74) is 1.35. The third kappa shape index (κ3) is 3.87. The molecule has 220 valence electrons. The number of nitrogens with one attached hydrogen (secondary N) is 1. The van der Waals surface area contributed by atoms with Crippen molar-refractivity contribution in [1.29, 1.82) is 0 Å². The lowest BCUT2D eigenvalue weighted by Crippen LogP contribution is -2.63. The molecule has 9 heteroatoms. The Morgan fingerprint density at radius 1 is 1.07 bits per heavy atom. The second-order valence-electron chi connectivity index (χ2n) is 14.1. The van der Waals surface area contributed by atoms with Gasteiger partial charge in [0, 0.05) is 39.6 Å². The van der Waals surface area contributed by atoms with Crippen LogP contribution in [-0.2, 0) is 15.6 Å². The van der Waals surface area contributed by atoms with E-state index in [9.17, 15) is 4.79 Å². The van der Waals surface area contributed by atoms with Gasteiger partial charge < -0.3 is 14.6 Å². The number of nitrogens with zero attached hydrogens (tertiary/aromatic N) is 4. The summed E-state index contributed by atoms with van der Waals surface area (Å²) < 4.78 is 27.9. The van der Waals surface area contributed by atoms with E-state index in [1.165, 1.54) is 0 Å². The Morgan fingerprint density at radius 2 is 1.81 bits per heavy atom. The summed E-state index contributed by atoms with van der Waals surface area (Å²) in [7, 11) is 0. The van der Waals surface area contributed by atoms with Crippen molar-refractivity contribution in [2.75, 3.05) is 6.61 Å². The number of halogens is 1. The molecule has 42 heavy (non-hydrogen) atoms. The Bertz CT molecular complexity index is 1510. The molecular formula is C33H38FN5O3. The van der Waals surface area contributed by atoms with Crippen molar-refractivity contribution in [3.05, 3.63) is 53.9 Å². The highest BCUT2D eigenvalue weighted by atomic mass is 19.1. The van der Waals surface area contributed by atoms with Crippen LogP contribution in [0.5, 0.6) is 6.01 Å². The van der Waals surface area contributed by atoms with Crippen LogP contribution in [0.1, 0.15) is 101 Å². The number of benzene rings is 1. The average Bonchev–Trinajstić information content (AvgIpc) is 3.48. The zero-order valence-electron chi connectivity index (χ0n) is 24.4. The molecule has 2 heterocycles. The Morgan fingerprint density at radius 3 is 2.43 bits per heavy atom. The molecule has 3 aromatic rings. The Kier molecular flexibility index (Phi) is 5.68. The summed E-state index contributed by atoms with van der Waals surface area (Å²) in [6, 6.07) is 8.02. The van der Waals surface area contributed by atoms with Crippen molar-refractivity contribution in [2.45, 2.75) is 101 Å². The highest BCUT2D eigenvalue weighted by molar-refractivity contribution is 5.86. The number of ether oxygens (including phenoxy) is 1. The smallest absolute Gasteiger partial charge is 0.316 e. The maximum Gasteiger partial charge on any atom is 0.316 e. The molecule has 7 fully saturated rings. The molecular weight excluding hydrogens is 533 g/mol. The van der Waals surface area contributed by atoms with Crippen molar-refractivity contribution in [2.24, 2.45) is 16.7 Å². The number of rotatable bonds is 9. The van der Waals surface area contributed by atoms with E-state index in [1.807, 2.05) is 25.1 Å². The highest BCUT2D eigenvalue weighted by Crippen LogP contribution is 2.66. The minimum atomic E-state index is -1.10. The third-order valence-corrected chi connectivity index (χ3v) is 11.6. The van der Waals surface area contributed by atoms with E-state index in [0.29, 0.717) is 49.5 Å². The van der Waals surface area contributed by atoms with Gasteiger partial charge in [-0.05, 0) is 94.2 Å². The van der Waals surface area contributed by atoms with E-state index >= 15 is 4.39 Å². The number of hydrogen-bond donors (Lipinski definition) is 1. The molecule has 0 saturated heterocycles. The van der Waals surface area contributed by atoms with E-state index in [1.54, 1.807) is 12.4 Å². The molecule has 1 aromatic carbocycles. The van der Waals surface area contributed by atoms with Crippen LogP contribution in [0.15, 0.2) is 41.2 Å². The molecule has 0 radical (unpaired) electrons. The van der Waals surface area contributed by atoms with Crippen molar-refractivity contribution >= 4 is 5.91 Å². The Hall–Kier alpha value is -3.36. The molecule has 2 unspecified atom stereocenters. The maximum atomic E-state index is 16.8. The van der Waals surface area contributed by atoms with Crippen LogP contribution in [0.25, 0.3) is 11.1 Å². The summed E-state index contributed by atoms with van der Waals surface area (Å²) in [5.74, 6) is 2.15. The van der Waals surface area contributed by atoms with Crippen LogP contribution in [0.4, 0.5) is 4.39 Å². The lowest BCUT2D eigenvalue weighted by Gasteiger charge is -2.61. The first-order valence-corrected chi connectivity index (χ1v) is 15.6. The van der Waals surface area contributed by atoms with Crippen LogP contribution >= 0.6 is 0 Å². The van der Waals surface area contributed by atoms with Crippen molar-refractivity contribution in [3.8, 4) is 17.1 Å². The molecule has 7 aliphatic carbocycles. The van der Waals surface area contributed by atoms with Gasteiger partial charge in [0.1, 0.15) is 6.17 Å². The van der Waals surface area contributed by atoms with Crippen LogP contribution in [0, 0.1) is 16.7 Å². The van der Waals surface area contributed by atoms with Crippen molar-refractivity contribution in [1.82, 2.24) is 25.4 Å². The standard InChI is InChI=1S/C33H38FN5O3/c1-3-41-29-35-18-23(19-36-29)21-5-4-6-22(13-21)25(37-27(40)32-14-20(15-32)16-32)33-11-9-31(10-12-33,17-24(33)34)26-38-28(42-39-26)30(2)7-8-30/h4-6,13,18-20,24-25H,3,7-12,14-17H2,1-2H3,(H,37,40). The van der Waals surface area contributed by atoms with E-state index in [-0.39, 0.29) is 16.7 Å². The highest BCUT2D eigenvalue weighted by Gasteiger charge is 2.64. The summed E-state index contributed by atoms with van der Waals surface area (Å²) >= 11 is 0. The number of fused-ring (bicyclic) bond motifs is 3. The van der Waals surface area contributed by atoms with Crippen LogP contribution in [0.3, 0.4) is 0 Å². The molecule has 2 aromatic heterocycles. The zero-order chi connectivity index (χ0) is 28.7. The van der Waals surface area contributed by atoms with Crippen molar-refractivity contribution in [3.63, 3.8) is 0 Å². The predicted molar refractivity (Wildman–Crippen MR) is 152 cm³/mol. The van der Waals surface area contributed by atoms with E-state index in [2.05, 4.69) is 33.4 Å². The fraction of sp³-hybridized carbons (Fsp3) is 0.606. The minimum absolute atomic E-state index is 0.0135. The molecule has 1 N–H and O–H groups in total. The zero-order valence-corrected chi connectivity index (χ0v) is 24.4. The number of carbonyl (C=O) groups is 1. The number of hydrogen-bond acceptors (Lipinski definition) is 7. The first kappa shape index (κ1) is 26.3. The molecule has 0 aliphatic heterocycles. The molecule has 2 atom stereocenters. The van der Waals surface area contributed by atoms with Gasteiger partial charge in [-0.2, -0.15) is 4.98 Å². The predicted octanol–water partition coefficient (Wildman–Crippen LogP) is 6.17. The molecule has 10 rings (SSSR count). The molecule has 7 saturated carbocycles. The fourth-order valence-corrected chi connectivity index (χ4v) is 8.29. The lowest BCUT2D eigenvalue weighted by molar-refractivity contribution is -0.169. The third-order valence-electron chi connectivity index (χ3n) is 11.6. The lowest BCUT2D eigenvalue weighted by atomic mass is 9.44. The SMILES string of the molecule is CCOc1ncc(-c2cccc(C(NC(=O)C34CC(C3)C4)C34CCC(c5noc(C6(C)CC6)n5)(CC3)CC4F)c2)cn1. The second kappa shape index (κ2) is 9.07. The van der Waals surface area contributed by atoms with Crippen molar-refractivity contribution < 1.29 is 18.4 Å². The summed E-state index contributed by atoms with van der Waals surface area (Å²) in [5, 5.41) is 7.84. The average molecular weight is 572 g/mol. The van der Waals surface area contributed by atoms with Gasteiger partial charge in [0.25, 0.3) is 0 Å². The van der Waals surface area contributed by atoms with E-state index < -0.39 is 23.0 Å². The quantitative estimate of drug-likeness (QED) is 0.327. The monoisotopic (exact) mass is 571 g/mol. The maximum absolute atomic E-state index is 16.8. The summed E-state index contributed by atoms with van der Waals surface area (Å²) in [6.45, 7) is 4.55. The van der Waals surface area contributed by atoms with Gasteiger partial charge in [0.05, 0.1) is 12.6 Å². The number of carbonyl (C=O) groups excluding carboxylic acids is 1. The molecule has 8 nitrogen and oxygen atoms in total. The summed E-state index contributed by atoms with van der Waals surface area (Å²) in [4.78, 5) is 27.2. The fourth-order valence-electron chi connectivity index (χ4n) is 8.29. The van der Waals surface area contributed by atoms with Crippen LogP contribution < -0.4 is 10.1 Å². The van der Waals surface area contributed by atoms with E-state index in [4.69, 9.17) is 14.2 Å². The van der Waals surface area contributed by atoms with Gasteiger partial charge in [0.2, 0.25) is 11.8 Å². The van der Waals surface area contributed by atoms with Gasteiger partial charge in [-0.15, -0.1) is 0 Å². The second-order valence-corrected chi connectivity index (χ2v) is 14.1. The van der Waals surface area contributed by atoms with Gasteiger partial charge in [-0.1, -0.05) is 30.3 Å². The van der Waals surface area contributed by atoms with Gasteiger partial charge in [0.15, 0.2) is 5.82 Å². The largest absolute Gasteiger partial charge is 0.464 e. The first-order valence-electron chi connectivity index (χ1n) is 15.6. The number of aromatic nitrogens is 4. The normalized spacial score (nSPS) is 34.2. The van der Waals surface area contributed by atoms with E-state index in [0.717, 1.165) is 61.6 Å². The number of alkyl halides is 1. The topological polar surface area (TPSA) is 103 Å².